The maximum atomic E-state index is 13.0. The van der Waals surface area contributed by atoms with Crippen molar-refractivity contribution >= 4 is 11.8 Å². The van der Waals surface area contributed by atoms with E-state index < -0.39 is 6.04 Å². The van der Waals surface area contributed by atoms with Crippen molar-refractivity contribution in [1.29, 1.82) is 0 Å². The second-order valence-corrected chi connectivity index (χ2v) is 7.49. The summed E-state index contributed by atoms with van der Waals surface area (Å²) in [6.45, 7) is -0.150. The minimum atomic E-state index is -0.579. The first-order chi connectivity index (χ1) is 14.1. The molecule has 1 fully saturated rings. The lowest BCUT2D eigenvalue weighted by Crippen LogP contribution is -2.34. The van der Waals surface area contributed by atoms with E-state index >= 15 is 0 Å². The van der Waals surface area contributed by atoms with Gasteiger partial charge in [0.05, 0.1) is 30.4 Å². The lowest BCUT2D eigenvalue weighted by molar-refractivity contribution is 0.0557. The molecule has 4 rings (SSSR count). The van der Waals surface area contributed by atoms with Crippen LogP contribution >= 0.6 is 0 Å². The Kier molecular flexibility index (Phi) is 5.53. The van der Waals surface area contributed by atoms with E-state index in [0.29, 0.717) is 22.6 Å². The average molecular weight is 395 g/mol. The second-order valence-electron chi connectivity index (χ2n) is 7.49. The minimum Gasteiger partial charge on any atom is -0.493 e. The Bertz CT molecular complexity index is 884. The number of rotatable bonds is 7. The van der Waals surface area contributed by atoms with E-state index in [1.54, 1.807) is 37.4 Å². The van der Waals surface area contributed by atoms with Gasteiger partial charge < -0.3 is 14.6 Å². The van der Waals surface area contributed by atoms with Crippen molar-refractivity contribution in [3.63, 3.8) is 0 Å². The number of amides is 2. The number of imide groups is 1. The van der Waals surface area contributed by atoms with Crippen molar-refractivity contribution in [3.05, 3.63) is 59.2 Å². The van der Waals surface area contributed by atoms with Gasteiger partial charge in [-0.15, -0.1) is 0 Å². The highest BCUT2D eigenvalue weighted by Crippen LogP contribution is 2.38. The van der Waals surface area contributed by atoms with Gasteiger partial charge in [-0.05, 0) is 61.9 Å². The third-order valence-electron chi connectivity index (χ3n) is 5.71. The Balaban J connectivity index is 1.68. The SMILES string of the molecule is COc1ccc(C(CCO)N2C(=O)c3ccccc3C2=O)cc1OC1CCCC1. The van der Waals surface area contributed by atoms with E-state index in [1.165, 1.54) is 4.90 Å². The van der Waals surface area contributed by atoms with Gasteiger partial charge in [0.2, 0.25) is 0 Å². The monoisotopic (exact) mass is 395 g/mol. The largest absolute Gasteiger partial charge is 0.493 e. The Hall–Kier alpha value is -2.86. The van der Waals surface area contributed by atoms with Gasteiger partial charge in [0, 0.05) is 6.61 Å². The topological polar surface area (TPSA) is 76.1 Å². The summed E-state index contributed by atoms with van der Waals surface area (Å²) in [7, 11) is 1.59. The molecular formula is C23H25NO5. The molecule has 152 valence electrons. The third-order valence-corrected chi connectivity index (χ3v) is 5.71. The van der Waals surface area contributed by atoms with Crippen molar-refractivity contribution < 1.29 is 24.2 Å². The van der Waals surface area contributed by atoms with Crippen molar-refractivity contribution in [2.45, 2.75) is 44.2 Å². The highest BCUT2D eigenvalue weighted by Gasteiger charge is 2.40. The van der Waals surface area contributed by atoms with E-state index in [-0.39, 0.29) is 30.9 Å². The minimum absolute atomic E-state index is 0.148. The highest BCUT2D eigenvalue weighted by atomic mass is 16.5. The molecule has 1 unspecified atom stereocenters. The fraction of sp³-hybridized carbons (Fsp3) is 0.391. The van der Waals surface area contributed by atoms with Crippen molar-refractivity contribution in [2.75, 3.05) is 13.7 Å². The zero-order valence-corrected chi connectivity index (χ0v) is 16.5. The summed E-state index contributed by atoms with van der Waals surface area (Å²) in [5.41, 5.74) is 1.54. The van der Waals surface area contributed by atoms with Crippen molar-refractivity contribution in [2.24, 2.45) is 0 Å². The number of aliphatic hydroxyl groups is 1. The number of benzene rings is 2. The van der Waals surface area contributed by atoms with Gasteiger partial charge in [-0.3, -0.25) is 14.5 Å². The molecule has 1 heterocycles. The number of nitrogens with zero attached hydrogens (tertiary/aromatic N) is 1. The molecule has 0 spiro atoms. The van der Waals surface area contributed by atoms with Crippen LogP contribution in [0.15, 0.2) is 42.5 Å². The van der Waals surface area contributed by atoms with Crippen LogP contribution in [-0.2, 0) is 0 Å². The van der Waals surface area contributed by atoms with Gasteiger partial charge in [0.15, 0.2) is 11.5 Å². The number of fused-ring (bicyclic) bond motifs is 1. The zero-order chi connectivity index (χ0) is 20.4. The number of hydrogen-bond acceptors (Lipinski definition) is 5. The lowest BCUT2D eigenvalue weighted by atomic mass is 10.0. The normalized spacial score (nSPS) is 17.5. The zero-order valence-electron chi connectivity index (χ0n) is 16.5. The molecule has 1 aliphatic heterocycles. The van der Waals surface area contributed by atoms with Crippen molar-refractivity contribution in [1.82, 2.24) is 4.90 Å². The van der Waals surface area contributed by atoms with Crippen LogP contribution < -0.4 is 9.47 Å². The van der Waals surface area contributed by atoms with Crippen molar-refractivity contribution in [3.8, 4) is 11.5 Å². The predicted molar refractivity (Wildman–Crippen MR) is 107 cm³/mol. The molecule has 1 aliphatic carbocycles. The number of ether oxygens (including phenoxy) is 2. The molecule has 0 radical (unpaired) electrons. The first-order valence-electron chi connectivity index (χ1n) is 10.1. The molecule has 1 N–H and O–H groups in total. The summed E-state index contributed by atoms with van der Waals surface area (Å²) in [4.78, 5) is 27.2. The van der Waals surface area contributed by atoms with Gasteiger partial charge in [-0.2, -0.15) is 0 Å². The van der Waals surface area contributed by atoms with E-state index in [2.05, 4.69) is 0 Å². The molecule has 6 heteroatoms. The van der Waals surface area contributed by atoms with Crippen LogP contribution in [0.3, 0.4) is 0 Å². The van der Waals surface area contributed by atoms with E-state index in [4.69, 9.17) is 9.47 Å². The van der Waals surface area contributed by atoms with Crippen LogP contribution in [0.5, 0.6) is 11.5 Å². The smallest absolute Gasteiger partial charge is 0.262 e. The molecule has 0 bridgehead atoms. The molecule has 1 atom stereocenters. The van der Waals surface area contributed by atoms with Gasteiger partial charge in [0.25, 0.3) is 11.8 Å². The number of hydrogen-bond donors (Lipinski definition) is 1. The van der Waals surface area contributed by atoms with Crippen LogP contribution in [0.25, 0.3) is 0 Å². The molecule has 2 aromatic carbocycles. The average Bonchev–Trinajstić information content (AvgIpc) is 3.34. The maximum absolute atomic E-state index is 13.0. The van der Waals surface area contributed by atoms with Gasteiger partial charge in [-0.1, -0.05) is 18.2 Å². The maximum Gasteiger partial charge on any atom is 0.262 e. The predicted octanol–water partition coefficient (Wildman–Crippen LogP) is 3.74. The Morgan fingerprint density at radius 3 is 2.28 bits per heavy atom. The van der Waals surface area contributed by atoms with Crippen LogP contribution in [0.4, 0.5) is 0 Å². The first kappa shape index (κ1) is 19.5. The van der Waals surface area contributed by atoms with Crippen LogP contribution in [-0.4, -0.2) is 41.6 Å². The fourth-order valence-corrected chi connectivity index (χ4v) is 4.24. The first-order valence-corrected chi connectivity index (χ1v) is 10.1. The molecular weight excluding hydrogens is 370 g/mol. The number of carbonyl (C=O) groups is 2. The highest BCUT2D eigenvalue weighted by molar-refractivity contribution is 6.21. The summed E-state index contributed by atoms with van der Waals surface area (Å²) in [6.07, 6.45) is 4.71. The summed E-state index contributed by atoms with van der Waals surface area (Å²) >= 11 is 0. The molecule has 0 aromatic heterocycles. The summed E-state index contributed by atoms with van der Waals surface area (Å²) in [5.74, 6) is 0.554. The Labute approximate surface area is 170 Å². The number of aliphatic hydroxyl groups excluding tert-OH is 1. The molecule has 2 aliphatic rings. The summed E-state index contributed by atoms with van der Waals surface area (Å²) in [6, 6.07) is 11.7. The lowest BCUT2D eigenvalue weighted by Gasteiger charge is -2.27. The number of carbonyl (C=O) groups excluding carboxylic acids is 2. The quantitative estimate of drug-likeness (QED) is 0.723. The summed E-state index contributed by atoms with van der Waals surface area (Å²) < 4.78 is 11.6. The van der Waals surface area contributed by atoms with Crippen LogP contribution in [0.1, 0.15) is 64.4 Å². The molecule has 2 amide bonds. The van der Waals surface area contributed by atoms with E-state index in [0.717, 1.165) is 31.2 Å². The summed E-state index contributed by atoms with van der Waals surface area (Å²) in [5, 5.41) is 9.64. The standard InChI is InChI=1S/C23H25NO5/c1-28-20-11-10-15(14-21(20)29-16-6-2-3-7-16)19(12-13-25)24-22(26)17-8-4-5-9-18(17)23(24)27/h4-5,8-11,14,16,19,25H,2-3,6-7,12-13H2,1H3. The number of methoxy groups -OCH3 is 1. The van der Waals surface area contributed by atoms with E-state index in [9.17, 15) is 14.7 Å². The van der Waals surface area contributed by atoms with Gasteiger partial charge in [-0.25, -0.2) is 0 Å². The Morgan fingerprint density at radius 2 is 1.69 bits per heavy atom. The molecule has 1 saturated carbocycles. The van der Waals surface area contributed by atoms with Gasteiger partial charge in [0.1, 0.15) is 0 Å². The van der Waals surface area contributed by atoms with Gasteiger partial charge >= 0.3 is 0 Å². The fourth-order valence-electron chi connectivity index (χ4n) is 4.24. The molecule has 29 heavy (non-hydrogen) atoms. The second kappa shape index (κ2) is 8.25. The van der Waals surface area contributed by atoms with E-state index in [1.807, 2.05) is 12.1 Å². The Morgan fingerprint density at radius 1 is 1.03 bits per heavy atom. The molecule has 2 aromatic rings. The van der Waals surface area contributed by atoms with Crippen LogP contribution in [0, 0.1) is 0 Å². The third kappa shape index (κ3) is 3.60. The molecule has 6 nitrogen and oxygen atoms in total. The molecule has 0 saturated heterocycles. The van der Waals surface area contributed by atoms with Crippen LogP contribution in [0.2, 0.25) is 0 Å².